The van der Waals surface area contributed by atoms with Crippen molar-refractivity contribution in [3.05, 3.63) is 60.2 Å². The molecule has 1 atom stereocenters. The highest BCUT2D eigenvalue weighted by molar-refractivity contribution is 8.00. The van der Waals surface area contributed by atoms with Gasteiger partial charge in [0.25, 0.3) is 0 Å². The van der Waals surface area contributed by atoms with Gasteiger partial charge in [-0.15, -0.1) is 0 Å². The second kappa shape index (κ2) is 9.29. The maximum atomic E-state index is 12.3. The highest BCUT2D eigenvalue weighted by Gasteiger charge is 2.18. The first-order chi connectivity index (χ1) is 14.2. The van der Waals surface area contributed by atoms with Gasteiger partial charge in [0.2, 0.25) is 5.91 Å². The van der Waals surface area contributed by atoms with Crippen LogP contribution in [0.5, 0.6) is 0 Å². The van der Waals surface area contributed by atoms with Crippen molar-refractivity contribution in [2.45, 2.75) is 30.9 Å². The lowest BCUT2D eigenvalue weighted by Crippen LogP contribution is -2.32. The van der Waals surface area contributed by atoms with Crippen molar-refractivity contribution >= 4 is 17.7 Å². The molecule has 5 nitrogen and oxygen atoms in total. The number of nitrogens with one attached hydrogen (secondary N) is 2. The van der Waals surface area contributed by atoms with E-state index < -0.39 is 0 Å². The van der Waals surface area contributed by atoms with E-state index in [9.17, 15) is 4.79 Å². The summed E-state index contributed by atoms with van der Waals surface area (Å²) in [6, 6.07) is 18.4. The van der Waals surface area contributed by atoms with Crippen molar-refractivity contribution in [1.29, 1.82) is 0 Å². The van der Waals surface area contributed by atoms with Crippen LogP contribution < -0.4 is 5.32 Å². The van der Waals surface area contributed by atoms with Crippen molar-refractivity contribution in [1.82, 2.24) is 15.3 Å². The van der Waals surface area contributed by atoms with Crippen molar-refractivity contribution in [3.63, 3.8) is 0 Å². The normalized spacial score (nSPS) is 16.1. The smallest absolute Gasteiger partial charge is 0.230 e. The molecule has 1 aliphatic heterocycles. The number of imidazole rings is 1. The number of benzene rings is 2. The van der Waals surface area contributed by atoms with Gasteiger partial charge in [0, 0.05) is 24.3 Å². The number of aromatic nitrogens is 2. The third kappa shape index (κ3) is 5.08. The average Bonchev–Trinajstić information content (AvgIpc) is 3.41. The molecule has 6 heteroatoms. The minimum atomic E-state index is 0.00428. The Morgan fingerprint density at radius 1 is 1.21 bits per heavy atom. The molecular weight excluding hydrogens is 382 g/mol. The summed E-state index contributed by atoms with van der Waals surface area (Å²) in [5.41, 5.74) is 4.22. The Morgan fingerprint density at radius 2 is 2.03 bits per heavy atom. The Kier molecular flexibility index (Phi) is 6.32. The summed E-state index contributed by atoms with van der Waals surface area (Å²) in [5, 5.41) is 3.81. The highest BCUT2D eigenvalue weighted by atomic mass is 32.2. The number of ether oxygens (including phenoxy) is 1. The fourth-order valence-electron chi connectivity index (χ4n) is 3.41. The molecule has 2 N–H and O–H groups in total. The standard InChI is InChI=1S/C23H25N3O2S/c1-16-7-5-10-18(13-16)22-25-21(17-8-3-2-4-9-17)23(26-22)29-15-20(27)24-14-19-11-6-12-28-19/h2-5,7-10,13,19H,6,11-12,14-15H2,1H3,(H,24,27)(H,25,26)/t19-/m0/s1. The monoisotopic (exact) mass is 407 g/mol. The number of thioether (sulfide) groups is 1. The topological polar surface area (TPSA) is 67.0 Å². The van der Waals surface area contributed by atoms with Gasteiger partial charge >= 0.3 is 0 Å². The number of aryl methyl sites for hydroxylation is 1. The summed E-state index contributed by atoms with van der Waals surface area (Å²) in [6.07, 6.45) is 2.25. The summed E-state index contributed by atoms with van der Waals surface area (Å²) in [4.78, 5) is 20.6. The molecule has 29 heavy (non-hydrogen) atoms. The van der Waals surface area contributed by atoms with Gasteiger partial charge in [-0.05, 0) is 25.8 Å². The number of amides is 1. The molecule has 0 spiro atoms. The van der Waals surface area contributed by atoms with Crippen LogP contribution >= 0.6 is 11.8 Å². The number of hydrogen-bond donors (Lipinski definition) is 2. The van der Waals surface area contributed by atoms with Gasteiger partial charge in [-0.1, -0.05) is 65.9 Å². The number of carbonyl (C=O) groups excluding carboxylic acids is 1. The first kappa shape index (κ1) is 19.7. The number of nitrogens with zero attached hydrogens (tertiary/aromatic N) is 1. The van der Waals surface area contributed by atoms with Crippen LogP contribution in [0.2, 0.25) is 0 Å². The third-order valence-electron chi connectivity index (χ3n) is 4.92. The van der Waals surface area contributed by atoms with E-state index in [4.69, 9.17) is 9.72 Å². The van der Waals surface area contributed by atoms with Crippen LogP contribution in [0.15, 0.2) is 59.6 Å². The molecule has 0 bridgehead atoms. The predicted molar refractivity (Wildman–Crippen MR) is 117 cm³/mol. The number of H-pyrrole nitrogens is 1. The van der Waals surface area contributed by atoms with Crippen LogP contribution in [0.1, 0.15) is 18.4 Å². The number of carbonyl (C=O) groups is 1. The average molecular weight is 408 g/mol. The van der Waals surface area contributed by atoms with E-state index in [1.165, 1.54) is 17.3 Å². The molecular formula is C23H25N3O2S. The molecule has 150 valence electrons. The molecule has 0 aliphatic carbocycles. The van der Waals surface area contributed by atoms with Crippen LogP contribution in [0.25, 0.3) is 22.6 Å². The summed E-state index contributed by atoms with van der Waals surface area (Å²) >= 11 is 1.46. The van der Waals surface area contributed by atoms with E-state index in [0.29, 0.717) is 12.3 Å². The zero-order valence-electron chi connectivity index (χ0n) is 16.5. The molecule has 2 aromatic carbocycles. The molecule has 1 saturated heterocycles. The summed E-state index contributed by atoms with van der Waals surface area (Å²) < 4.78 is 5.57. The van der Waals surface area contributed by atoms with Crippen LogP contribution in [-0.2, 0) is 9.53 Å². The third-order valence-corrected chi connectivity index (χ3v) is 5.89. The van der Waals surface area contributed by atoms with Crippen LogP contribution in [0, 0.1) is 6.92 Å². The van der Waals surface area contributed by atoms with Crippen LogP contribution in [0.3, 0.4) is 0 Å². The predicted octanol–water partition coefficient (Wildman–Crippen LogP) is 4.44. The van der Waals surface area contributed by atoms with Gasteiger partial charge in [-0.25, -0.2) is 4.98 Å². The van der Waals surface area contributed by atoms with Crippen LogP contribution in [-0.4, -0.2) is 40.9 Å². The zero-order valence-corrected chi connectivity index (χ0v) is 17.3. The summed E-state index contributed by atoms with van der Waals surface area (Å²) in [6.45, 7) is 3.45. The molecule has 2 heterocycles. The second-order valence-corrected chi connectivity index (χ2v) is 8.19. The van der Waals surface area contributed by atoms with Crippen molar-refractivity contribution in [2.75, 3.05) is 18.9 Å². The van der Waals surface area contributed by atoms with Crippen LogP contribution in [0.4, 0.5) is 0 Å². The zero-order chi connectivity index (χ0) is 20.1. The maximum absolute atomic E-state index is 12.3. The molecule has 1 aliphatic rings. The SMILES string of the molecule is Cc1cccc(-c2nc(SCC(=O)NC[C@@H]3CCCO3)c(-c3ccccc3)[nH]2)c1. The summed E-state index contributed by atoms with van der Waals surface area (Å²) in [5.74, 6) is 1.14. The van der Waals surface area contributed by atoms with Crippen molar-refractivity contribution < 1.29 is 9.53 Å². The van der Waals surface area contributed by atoms with Crippen molar-refractivity contribution in [2.24, 2.45) is 0 Å². The largest absolute Gasteiger partial charge is 0.376 e. The molecule has 4 rings (SSSR count). The quantitative estimate of drug-likeness (QED) is 0.568. The minimum Gasteiger partial charge on any atom is -0.376 e. The number of aromatic amines is 1. The fourth-order valence-corrected chi connectivity index (χ4v) is 4.25. The lowest BCUT2D eigenvalue weighted by molar-refractivity contribution is -0.119. The molecule has 1 fully saturated rings. The first-order valence-corrected chi connectivity index (χ1v) is 10.9. The molecule has 0 radical (unpaired) electrons. The first-order valence-electron chi connectivity index (χ1n) is 9.92. The van der Waals surface area contributed by atoms with Gasteiger partial charge in [0.05, 0.1) is 17.6 Å². The van der Waals surface area contributed by atoms with Crippen molar-refractivity contribution in [3.8, 4) is 22.6 Å². The summed E-state index contributed by atoms with van der Waals surface area (Å²) in [7, 11) is 0. The molecule has 0 unspecified atom stereocenters. The van der Waals surface area contributed by atoms with Gasteiger partial charge in [0.15, 0.2) is 0 Å². The second-order valence-electron chi connectivity index (χ2n) is 7.23. The fraction of sp³-hybridized carbons (Fsp3) is 0.304. The molecule has 0 saturated carbocycles. The molecule has 1 amide bonds. The Balaban J connectivity index is 1.50. The molecule has 1 aromatic heterocycles. The van der Waals surface area contributed by atoms with E-state index in [1.54, 1.807) is 0 Å². The molecule has 3 aromatic rings. The minimum absolute atomic E-state index is 0.00428. The Hall–Kier alpha value is -2.57. The van der Waals surface area contributed by atoms with E-state index >= 15 is 0 Å². The van der Waals surface area contributed by atoms with E-state index in [-0.39, 0.29) is 12.0 Å². The van der Waals surface area contributed by atoms with E-state index in [2.05, 4.69) is 41.5 Å². The van der Waals surface area contributed by atoms with Gasteiger partial charge in [0.1, 0.15) is 10.9 Å². The Labute approximate surface area is 175 Å². The Morgan fingerprint density at radius 3 is 2.79 bits per heavy atom. The van der Waals surface area contributed by atoms with Gasteiger partial charge in [-0.3, -0.25) is 4.79 Å². The van der Waals surface area contributed by atoms with Gasteiger partial charge < -0.3 is 15.0 Å². The van der Waals surface area contributed by atoms with E-state index in [1.807, 2.05) is 30.3 Å². The lowest BCUT2D eigenvalue weighted by Gasteiger charge is -2.10. The number of rotatable bonds is 7. The highest BCUT2D eigenvalue weighted by Crippen LogP contribution is 2.32. The Bertz CT molecular complexity index is 965. The number of hydrogen-bond acceptors (Lipinski definition) is 4. The lowest BCUT2D eigenvalue weighted by atomic mass is 10.1. The maximum Gasteiger partial charge on any atom is 0.230 e. The van der Waals surface area contributed by atoms with Gasteiger partial charge in [-0.2, -0.15) is 0 Å². The van der Waals surface area contributed by atoms with E-state index in [0.717, 1.165) is 47.1 Å².